The van der Waals surface area contributed by atoms with Gasteiger partial charge in [0.25, 0.3) is 0 Å². The van der Waals surface area contributed by atoms with Gasteiger partial charge in [-0.05, 0) is 45.0 Å². The van der Waals surface area contributed by atoms with Crippen LogP contribution in [-0.4, -0.2) is 24.4 Å². The van der Waals surface area contributed by atoms with Gasteiger partial charge in [0.1, 0.15) is 11.7 Å². The second kappa shape index (κ2) is 7.14. The van der Waals surface area contributed by atoms with E-state index in [-0.39, 0.29) is 18.4 Å². The van der Waals surface area contributed by atoms with Crippen molar-refractivity contribution < 1.29 is 14.3 Å². The van der Waals surface area contributed by atoms with Crippen molar-refractivity contribution in [2.75, 3.05) is 11.9 Å². The van der Waals surface area contributed by atoms with Gasteiger partial charge < -0.3 is 10.1 Å². The second-order valence-electron chi connectivity index (χ2n) is 4.28. The van der Waals surface area contributed by atoms with E-state index in [2.05, 4.69) is 5.32 Å². The zero-order valence-corrected chi connectivity index (χ0v) is 12.0. The number of halogens is 1. The van der Waals surface area contributed by atoms with Crippen molar-refractivity contribution in [3.8, 4) is 0 Å². The number of hydrogen-bond donors (Lipinski definition) is 1. The molecule has 1 rings (SSSR count). The monoisotopic (exact) mass is 283 g/mol. The Bertz CT molecular complexity index is 445. The van der Waals surface area contributed by atoms with Gasteiger partial charge in [-0.15, -0.1) is 0 Å². The molecule has 0 aromatic heterocycles. The predicted octanol–water partition coefficient (Wildman–Crippen LogP) is 2.91. The molecule has 0 bridgehead atoms. The summed E-state index contributed by atoms with van der Waals surface area (Å²) in [5.41, 5.74) is 0.799. The summed E-state index contributed by atoms with van der Waals surface area (Å²) < 4.78 is 4.92. The number of esters is 1. The minimum Gasteiger partial charge on any atom is -0.465 e. The minimum atomic E-state index is -0.810. The Kier molecular flexibility index (Phi) is 5.83. The molecule has 0 spiro atoms. The van der Waals surface area contributed by atoms with Gasteiger partial charge in [-0.25, -0.2) is 0 Å². The van der Waals surface area contributed by atoms with Gasteiger partial charge in [-0.2, -0.15) is 0 Å². The molecule has 5 heteroatoms. The van der Waals surface area contributed by atoms with Crippen molar-refractivity contribution in [2.24, 2.45) is 5.92 Å². The Morgan fingerprint density at radius 2 is 1.89 bits per heavy atom. The zero-order valence-electron chi connectivity index (χ0n) is 11.3. The van der Waals surface area contributed by atoms with Crippen LogP contribution < -0.4 is 5.32 Å². The summed E-state index contributed by atoms with van der Waals surface area (Å²) in [7, 11) is 0. The van der Waals surface area contributed by atoms with E-state index in [1.54, 1.807) is 38.1 Å². The molecule has 0 radical (unpaired) electrons. The highest BCUT2D eigenvalue weighted by Crippen LogP contribution is 2.18. The summed E-state index contributed by atoms with van der Waals surface area (Å²) in [6.07, 6.45) is 0. The average molecular weight is 284 g/mol. The number of Topliss-reactive ketones (excluding diaryl/α,β-unsaturated/α-hetero) is 1. The molecule has 19 heavy (non-hydrogen) atoms. The van der Waals surface area contributed by atoms with Gasteiger partial charge in [0.05, 0.1) is 6.61 Å². The molecule has 0 fully saturated rings. The van der Waals surface area contributed by atoms with Crippen LogP contribution in [0.2, 0.25) is 5.02 Å². The number of carbonyl (C=O) groups is 2. The van der Waals surface area contributed by atoms with E-state index in [4.69, 9.17) is 16.3 Å². The lowest BCUT2D eigenvalue weighted by molar-refractivity contribution is -0.151. The van der Waals surface area contributed by atoms with Crippen LogP contribution in [0, 0.1) is 5.92 Å². The number of benzene rings is 1. The molecule has 1 aromatic rings. The molecule has 0 saturated heterocycles. The number of ether oxygens (including phenoxy) is 1. The van der Waals surface area contributed by atoms with E-state index in [0.717, 1.165) is 5.69 Å². The SMILES string of the molecule is CCOC(=O)C(C(C)=O)C(C)Nc1ccc(Cl)cc1. The highest BCUT2D eigenvalue weighted by molar-refractivity contribution is 6.30. The zero-order chi connectivity index (χ0) is 14.4. The molecule has 2 unspecified atom stereocenters. The molecular formula is C14H18ClNO3. The standard InChI is InChI=1S/C14H18ClNO3/c1-4-19-14(18)13(10(3)17)9(2)16-12-7-5-11(15)6-8-12/h5-9,13,16H,4H2,1-3H3. The van der Waals surface area contributed by atoms with Crippen LogP contribution in [-0.2, 0) is 14.3 Å². The van der Waals surface area contributed by atoms with E-state index < -0.39 is 11.9 Å². The van der Waals surface area contributed by atoms with Crippen LogP contribution in [0.5, 0.6) is 0 Å². The maximum Gasteiger partial charge on any atom is 0.318 e. The first-order chi connectivity index (χ1) is 8.95. The summed E-state index contributed by atoms with van der Waals surface area (Å²) in [5, 5.41) is 3.74. The van der Waals surface area contributed by atoms with Crippen LogP contribution in [0.1, 0.15) is 20.8 Å². The first kappa shape index (κ1) is 15.5. The summed E-state index contributed by atoms with van der Waals surface area (Å²) >= 11 is 5.80. The van der Waals surface area contributed by atoms with Gasteiger partial charge in [0.15, 0.2) is 0 Å². The van der Waals surface area contributed by atoms with Crippen molar-refractivity contribution in [2.45, 2.75) is 26.8 Å². The lowest BCUT2D eigenvalue weighted by Crippen LogP contribution is -2.38. The van der Waals surface area contributed by atoms with E-state index in [1.807, 2.05) is 0 Å². The maximum atomic E-state index is 11.8. The fraction of sp³-hybridized carbons (Fsp3) is 0.429. The lowest BCUT2D eigenvalue weighted by Gasteiger charge is -2.22. The van der Waals surface area contributed by atoms with Crippen molar-refractivity contribution >= 4 is 29.0 Å². The summed E-state index contributed by atoms with van der Waals surface area (Å²) in [5.74, 6) is -1.52. The van der Waals surface area contributed by atoms with Gasteiger partial charge in [0, 0.05) is 16.8 Å². The Morgan fingerprint density at radius 3 is 2.37 bits per heavy atom. The Morgan fingerprint density at radius 1 is 1.32 bits per heavy atom. The summed E-state index contributed by atoms with van der Waals surface area (Å²) in [6.45, 7) is 5.14. The fourth-order valence-electron chi connectivity index (χ4n) is 1.85. The van der Waals surface area contributed by atoms with E-state index in [9.17, 15) is 9.59 Å². The molecule has 0 aliphatic carbocycles. The largest absolute Gasteiger partial charge is 0.465 e. The van der Waals surface area contributed by atoms with Gasteiger partial charge in [-0.1, -0.05) is 11.6 Å². The van der Waals surface area contributed by atoms with E-state index >= 15 is 0 Å². The Hall–Kier alpha value is -1.55. The Labute approximate surface area is 118 Å². The predicted molar refractivity (Wildman–Crippen MR) is 75.3 cm³/mol. The first-order valence-corrected chi connectivity index (χ1v) is 6.52. The number of hydrogen-bond acceptors (Lipinski definition) is 4. The van der Waals surface area contributed by atoms with Crippen LogP contribution in [0.3, 0.4) is 0 Å². The molecule has 1 N–H and O–H groups in total. The van der Waals surface area contributed by atoms with Crippen LogP contribution in [0.25, 0.3) is 0 Å². The third-order valence-electron chi connectivity index (χ3n) is 2.72. The quantitative estimate of drug-likeness (QED) is 0.644. The normalized spacial score (nSPS) is 13.5. The molecule has 1 aromatic carbocycles. The third-order valence-corrected chi connectivity index (χ3v) is 2.97. The molecule has 2 atom stereocenters. The van der Waals surface area contributed by atoms with E-state index in [0.29, 0.717) is 5.02 Å². The van der Waals surface area contributed by atoms with E-state index in [1.165, 1.54) is 6.92 Å². The highest BCUT2D eigenvalue weighted by Gasteiger charge is 2.30. The number of anilines is 1. The molecule has 0 saturated carbocycles. The molecular weight excluding hydrogens is 266 g/mol. The van der Waals surface area contributed by atoms with Gasteiger partial charge in [-0.3, -0.25) is 9.59 Å². The van der Waals surface area contributed by atoms with Gasteiger partial charge in [0.2, 0.25) is 0 Å². The van der Waals surface area contributed by atoms with Crippen LogP contribution >= 0.6 is 11.6 Å². The molecule has 0 heterocycles. The smallest absolute Gasteiger partial charge is 0.318 e. The maximum absolute atomic E-state index is 11.8. The van der Waals surface area contributed by atoms with Crippen molar-refractivity contribution in [3.63, 3.8) is 0 Å². The van der Waals surface area contributed by atoms with Crippen LogP contribution in [0.4, 0.5) is 5.69 Å². The highest BCUT2D eigenvalue weighted by atomic mass is 35.5. The topological polar surface area (TPSA) is 55.4 Å². The number of carbonyl (C=O) groups excluding carboxylic acids is 2. The van der Waals surface area contributed by atoms with Crippen molar-refractivity contribution in [3.05, 3.63) is 29.3 Å². The molecule has 4 nitrogen and oxygen atoms in total. The molecule has 0 amide bonds. The second-order valence-corrected chi connectivity index (χ2v) is 4.72. The third kappa shape index (κ3) is 4.56. The Balaban J connectivity index is 2.77. The van der Waals surface area contributed by atoms with Crippen LogP contribution in [0.15, 0.2) is 24.3 Å². The van der Waals surface area contributed by atoms with Crippen molar-refractivity contribution in [1.29, 1.82) is 0 Å². The average Bonchev–Trinajstić information content (AvgIpc) is 2.32. The number of nitrogens with one attached hydrogen (secondary N) is 1. The summed E-state index contributed by atoms with van der Waals surface area (Å²) in [4.78, 5) is 23.4. The number of ketones is 1. The first-order valence-electron chi connectivity index (χ1n) is 6.15. The summed E-state index contributed by atoms with van der Waals surface area (Å²) in [6, 6.07) is 6.72. The molecule has 0 aliphatic heterocycles. The number of rotatable bonds is 6. The lowest BCUT2D eigenvalue weighted by atomic mass is 9.97. The van der Waals surface area contributed by atoms with Gasteiger partial charge >= 0.3 is 5.97 Å². The fourth-order valence-corrected chi connectivity index (χ4v) is 1.97. The minimum absolute atomic E-state index is 0.215. The molecule has 104 valence electrons. The van der Waals surface area contributed by atoms with Crippen molar-refractivity contribution in [1.82, 2.24) is 0 Å². The molecule has 0 aliphatic rings.